The minimum Gasteiger partial charge on any atom is -0.460 e. The average molecular weight is 332 g/mol. The molecule has 0 aromatic rings. The fourth-order valence-corrected chi connectivity index (χ4v) is 4.18. The number of ether oxygens (including phenoxy) is 1. The lowest BCUT2D eigenvalue weighted by molar-refractivity contribution is -0.181. The minimum atomic E-state index is -1.97. The van der Waals surface area contributed by atoms with E-state index >= 15 is 0 Å². The van der Waals surface area contributed by atoms with Crippen molar-refractivity contribution >= 4 is 5.97 Å². The van der Waals surface area contributed by atoms with Crippen molar-refractivity contribution in [1.82, 2.24) is 0 Å². The summed E-state index contributed by atoms with van der Waals surface area (Å²) < 4.78 is 5.43. The van der Waals surface area contributed by atoms with Crippen LogP contribution in [0.1, 0.15) is 40.0 Å². The highest BCUT2D eigenvalue weighted by molar-refractivity contribution is 5.75. The number of carbonyl (C=O) groups excluding carboxylic acids is 1. The zero-order valence-electron chi connectivity index (χ0n) is 13.8. The van der Waals surface area contributed by atoms with Gasteiger partial charge in [-0.3, -0.25) is 0 Å². The Balaban J connectivity index is 2.00. The van der Waals surface area contributed by atoms with E-state index in [-0.39, 0.29) is 16.9 Å². The molecular formula is C16H28O7. The zero-order valence-corrected chi connectivity index (χ0v) is 13.8. The number of hydrogen-bond acceptors (Lipinski definition) is 7. The van der Waals surface area contributed by atoms with Gasteiger partial charge in [-0.2, -0.15) is 0 Å². The molecule has 0 amide bonds. The van der Waals surface area contributed by atoms with Gasteiger partial charge in [-0.1, -0.05) is 20.8 Å². The van der Waals surface area contributed by atoms with E-state index < -0.39 is 37.0 Å². The molecule has 5 N–H and O–H groups in total. The van der Waals surface area contributed by atoms with Crippen molar-refractivity contribution < 1.29 is 35.1 Å². The van der Waals surface area contributed by atoms with Crippen LogP contribution in [0.15, 0.2) is 0 Å². The Hall–Kier alpha value is -0.730. The van der Waals surface area contributed by atoms with Crippen LogP contribution in [0.2, 0.25) is 0 Å². The van der Waals surface area contributed by atoms with Crippen molar-refractivity contribution in [3.05, 3.63) is 0 Å². The molecule has 2 bridgehead atoms. The molecule has 2 saturated carbocycles. The van der Waals surface area contributed by atoms with Gasteiger partial charge in [0.25, 0.3) is 0 Å². The summed E-state index contributed by atoms with van der Waals surface area (Å²) in [5, 5.41) is 47.2. The highest BCUT2D eigenvalue weighted by Crippen LogP contribution is 2.66. The number of rotatable bonds is 6. The lowest BCUT2D eigenvalue weighted by Gasteiger charge is -2.38. The van der Waals surface area contributed by atoms with Crippen molar-refractivity contribution in [2.75, 3.05) is 6.61 Å². The largest absolute Gasteiger partial charge is 0.460 e. The molecular weight excluding hydrogens is 304 g/mol. The van der Waals surface area contributed by atoms with Gasteiger partial charge in [0.15, 0.2) is 6.10 Å². The van der Waals surface area contributed by atoms with E-state index in [0.717, 1.165) is 19.3 Å². The maximum absolute atomic E-state index is 12.1. The molecule has 0 saturated heterocycles. The first-order valence-corrected chi connectivity index (χ1v) is 8.10. The van der Waals surface area contributed by atoms with Crippen molar-refractivity contribution in [2.45, 2.75) is 70.6 Å². The third-order valence-electron chi connectivity index (χ3n) is 6.47. The van der Waals surface area contributed by atoms with Crippen molar-refractivity contribution in [1.29, 1.82) is 0 Å². The first-order valence-electron chi connectivity index (χ1n) is 8.10. The summed E-state index contributed by atoms with van der Waals surface area (Å²) in [6.45, 7) is 5.60. The van der Waals surface area contributed by atoms with Crippen LogP contribution in [0.5, 0.6) is 0 Å². The molecule has 7 nitrogen and oxygen atoms in total. The van der Waals surface area contributed by atoms with E-state index in [4.69, 9.17) is 9.84 Å². The molecule has 2 aliphatic rings. The van der Waals surface area contributed by atoms with Crippen LogP contribution in [0.3, 0.4) is 0 Å². The van der Waals surface area contributed by atoms with Crippen LogP contribution in [0.25, 0.3) is 0 Å². The topological polar surface area (TPSA) is 127 Å². The van der Waals surface area contributed by atoms with Crippen molar-refractivity contribution in [2.24, 2.45) is 16.7 Å². The number of aliphatic hydroxyl groups excluding tert-OH is 5. The Kier molecular flexibility index (Phi) is 5.09. The highest BCUT2D eigenvalue weighted by atomic mass is 16.6. The molecule has 2 aliphatic carbocycles. The monoisotopic (exact) mass is 332 g/mol. The molecule has 0 aromatic carbocycles. The molecule has 2 fully saturated rings. The number of aliphatic hydroxyl groups is 5. The van der Waals surface area contributed by atoms with E-state index in [2.05, 4.69) is 20.8 Å². The molecule has 7 heteroatoms. The van der Waals surface area contributed by atoms with Crippen molar-refractivity contribution in [3.8, 4) is 0 Å². The number of fused-ring (bicyclic) bond motifs is 2. The molecule has 0 radical (unpaired) electrons. The molecule has 3 unspecified atom stereocenters. The van der Waals surface area contributed by atoms with Crippen molar-refractivity contribution in [3.63, 3.8) is 0 Å². The molecule has 0 aliphatic heterocycles. The summed E-state index contributed by atoms with van der Waals surface area (Å²) >= 11 is 0. The smallest absolute Gasteiger partial charge is 0.338 e. The summed E-state index contributed by atoms with van der Waals surface area (Å²) in [5.41, 5.74) is -0.144. The summed E-state index contributed by atoms with van der Waals surface area (Å²) in [4.78, 5) is 12.1. The number of hydrogen-bond donors (Lipinski definition) is 5. The SMILES string of the molecule is CC1(C)C2CCC1(C)C(OC(=O)[C@H](O)[C@@H](O)[C@H](O)[C@H](O)CO)C2. The highest BCUT2D eigenvalue weighted by Gasteiger charge is 2.63. The molecule has 0 spiro atoms. The molecule has 0 aromatic heterocycles. The number of esters is 1. The van der Waals surface area contributed by atoms with Gasteiger partial charge in [-0.15, -0.1) is 0 Å². The Labute approximate surface area is 135 Å². The van der Waals surface area contributed by atoms with Crippen LogP contribution in [-0.2, 0) is 9.53 Å². The van der Waals surface area contributed by atoms with Gasteiger partial charge in [0.2, 0.25) is 0 Å². The fourth-order valence-electron chi connectivity index (χ4n) is 4.18. The van der Waals surface area contributed by atoms with Gasteiger partial charge in [-0.25, -0.2) is 4.79 Å². The van der Waals surface area contributed by atoms with E-state index in [1.165, 1.54) is 0 Å². The molecule has 23 heavy (non-hydrogen) atoms. The van der Waals surface area contributed by atoms with E-state index in [0.29, 0.717) is 5.92 Å². The van der Waals surface area contributed by atoms with Gasteiger partial charge in [0.05, 0.1) is 6.61 Å². The third kappa shape index (κ3) is 2.89. The quantitative estimate of drug-likeness (QED) is 0.402. The van der Waals surface area contributed by atoms with Gasteiger partial charge in [-0.05, 0) is 30.6 Å². The van der Waals surface area contributed by atoms with Crippen LogP contribution in [-0.4, -0.2) is 68.6 Å². The summed E-state index contributed by atoms with van der Waals surface area (Å²) in [6, 6.07) is 0. The molecule has 134 valence electrons. The average Bonchev–Trinajstić information content (AvgIpc) is 2.85. The third-order valence-corrected chi connectivity index (χ3v) is 6.47. The maximum Gasteiger partial charge on any atom is 0.338 e. The lowest BCUT2D eigenvalue weighted by atomic mass is 9.70. The first kappa shape index (κ1) is 18.6. The molecule has 2 rings (SSSR count). The second kappa shape index (κ2) is 6.29. The first-order chi connectivity index (χ1) is 10.6. The zero-order chi connectivity index (χ0) is 17.6. The van der Waals surface area contributed by atoms with E-state index in [9.17, 15) is 25.2 Å². The maximum atomic E-state index is 12.1. The standard InChI is InChI=1S/C16H28O7/c1-15(2)8-4-5-16(15,3)10(6-8)23-14(22)13(21)12(20)11(19)9(18)7-17/h8-13,17-21H,4-7H2,1-3H3/t8?,9-,10?,11-,12+,13-,16?/m1/s1. The normalized spacial score (nSPS) is 37.2. The van der Waals surface area contributed by atoms with Crippen LogP contribution >= 0.6 is 0 Å². The Morgan fingerprint density at radius 2 is 1.78 bits per heavy atom. The van der Waals surface area contributed by atoms with E-state index in [1.54, 1.807) is 0 Å². The lowest BCUT2D eigenvalue weighted by Crippen LogP contribution is -2.50. The second-order valence-corrected chi connectivity index (χ2v) is 7.71. The van der Waals surface area contributed by atoms with Crippen LogP contribution < -0.4 is 0 Å². The number of carbonyl (C=O) groups is 1. The van der Waals surface area contributed by atoms with E-state index in [1.807, 2.05) is 0 Å². The predicted molar refractivity (Wildman–Crippen MR) is 80.2 cm³/mol. The van der Waals surface area contributed by atoms with Gasteiger partial charge in [0.1, 0.15) is 24.4 Å². The molecule has 7 atom stereocenters. The van der Waals surface area contributed by atoms with Gasteiger partial charge in [0, 0.05) is 5.41 Å². The van der Waals surface area contributed by atoms with Gasteiger partial charge >= 0.3 is 5.97 Å². The summed E-state index contributed by atoms with van der Waals surface area (Å²) in [6.07, 6.45) is -4.98. The van der Waals surface area contributed by atoms with Gasteiger partial charge < -0.3 is 30.3 Å². The Morgan fingerprint density at radius 3 is 2.22 bits per heavy atom. The predicted octanol–water partition coefficient (Wildman–Crippen LogP) is -0.820. The van der Waals surface area contributed by atoms with Crippen LogP contribution in [0.4, 0.5) is 0 Å². The summed E-state index contributed by atoms with van der Waals surface area (Å²) in [5.74, 6) is -0.564. The van der Waals surface area contributed by atoms with Crippen LogP contribution in [0, 0.1) is 16.7 Å². The second-order valence-electron chi connectivity index (χ2n) is 7.71. The minimum absolute atomic E-state index is 0.0358. The fraction of sp³-hybridized carbons (Fsp3) is 0.938. The Morgan fingerprint density at radius 1 is 1.17 bits per heavy atom. The summed E-state index contributed by atoms with van der Waals surface area (Å²) in [7, 11) is 0. The molecule has 0 heterocycles. The Bertz CT molecular complexity index is 452.